The van der Waals surface area contributed by atoms with Gasteiger partial charge in [-0.05, 0) is 43.4 Å². The maximum atomic E-state index is 5.38. The van der Waals surface area contributed by atoms with E-state index in [0.717, 1.165) is 51.5 Å². The highest BCUT2D eigenvalue weighted by atomic mass is 16.5. The maximum Gasteiger partial charge on any atom is 0.128 e. The van der Waals surface area contributed by atoms with Crippen molar-refractivity contribution in [2.24, 2.45) is 0 Å². The topological polar surface area (TPSA) is 37.4 Å². The molecule has 0 amide bonds. The molecule has 4 nitrogen and oxygen atoms in total. The highest BCUT2D eigenvalue weighted by Crippen LogP contribution is 2.18. The molecular weight excluding hydrogens is 238 g/mol. The number of hydrogen-bond acceptors (Lipinski definition) is 4. The SMILES string of the molecule is c1cc(CNC2CCOCC2)cc(N2CCCC2)n1. The van der Waals surface area contributed by atoms with E-state index in [2.05, 4.69) is 27.3 Å². The lowest BCUT2D eigenvalue weighted by Crippen LogP contribution is -2.34. The van der Waals surface area contributed by atoms with Crippen molar-refractivity contribution in [2.45, 2.75) is 38.3 Å². The summed E-state index contributed by atoms with van der Waals surface area (Å²) in [7, 11) is 0. The third-order valence-electron chi connectivity index (χ3n) is 4.06. The van der Waals surface area contributed by atoms with Gasteiger partial charge in [-0.3, -0.25) is 0 Å². The molecule has 1 aromatic rings. The van der Waals surface area contributed by atoms with Crippen LogP contribution in [0, 0.1) is 0 Å². The van der Waals surface area contributed by atoms with Crippen molar-refractivity contribution >= 4 is 5.82 Å². The first-order chi connectivity index (χ1) is 9.42. The van der Waals surface area contributed by atoms with Crippen molar-refractivity contribution in [3.8, 4) is 0 Å². The van der Waals surface area contributed by atoms with Crippen LogP contribution in [-0.4, -0.2) is 37.3 Å². The second kappa shape index (κ2) is 6.35. The van der Waals surface area contributed by atoms with E-state index in [1.807, 2.05) is 6.20 Å². The largest absolute Gasteiger partial charge is 0.381 e. The fourth-order valence-electron chi connectivity index (χ4n) is 2.85. The quantitative estimate of drug-likeness (QED) is 0.899. The smallest absolute Gasteiger partial charge is 0.128 e. The summed E-state index contributed by atoms with van der Waals surface area (Å²) in [5.41, 5.74) is 1.34. The summed E-state index contributed by atoms with van der Waals surface area (Å²) >= 11 is 0. The third kappa shape index (κ3) is 3.45. The number of aromatic nitrogens is 1. The molecule has 104 valence electrons. The third-order valence-corrected chi connectivity index (χ3v) is 4.06. The highest BCUT2D eigenvalue weighted by Gasteiger charge is 2.15. The zero-order valence-electron chi connectivity index (χ0n) is 11.5. The van der Waals surface area contributed by atoms with Crippen molar-refractivity contribution in [3.05, 3.63) is 23.9 Å². The molecule has 2 aliphatic rings. The molecule has 1 N–H and O–H groups in total. The van der Waals surface area contributed by atoms with Crippen LogP contribution in [0.25, 0.3) is 0 Å². The first-order valence-electron chi connectivity index (χ1n) is 7.43. The fourth-order valence-corrected chi connectivity index (χ4v) is 2.85. The minimum absolute atomic E-state index is 0.608. The molecule has 0 radical (unpaired) electrons. The lowest BCUT2D eigenvalue weighted by atomic mass is 10.1. The van der Waals surface area contributed by atoms with Gasteiger partial charge in [-0.1, -0.05) is 0 Å². The monoisotopic (exact) mass is 261 g/mol. The van der Waals surface area contributed by atoms with Gasteiger partial charge < -0.3 is 15.0 Å². The maximum absolute atomic E-state index is 5.38. The Labute approximate surface area is 115 Å². The predicted octanol–water partition coefficient (Wildman–Crippen LogP) is 1.95. The van der Waals surface area contributed by atoms with Crippen LogP contribution in [0.5, 0.6) is 0 Å². The zero-order valence-corrected chi connectivity index (χ0v) is 11.5. The molecule has 0 atom stereocenters. The van der Waals surface area contributed by atoms with Gasteiger partial charge in [0.25, 0.3) is 0 Å². The highest BCUT2D eigenvalue weighted by molar-refractivity contribution is 5.41. The van der Waals surface area contributed by atoms with Gasteiger partial charge in [0.1, 0.15) is 5.82 Å². The van der Waals surface area contributed by atoms with Crippen molar-refractivity contribution in [2.75, 3.05) is 31.2 Å². The molecule has 3 rings (SSSR count). The van der Waals surface area contributed by atoms with Crippen LogP contribution in [0.4, 0.5) is 5.82 Å². The Morgan fingerprint density at radius 1 is 1.26 bits per heavy atom. The van der Waals surface area contributed by atoms with Crippen LogP contribution in [-0.2, 0) is 11.3 Å². The lowest BCUT2D eigenvalue weighted by Gasteiger charge is -2.23. The second-order valence-corrected chi connectivity index (χ2v) is 5.48. The van der Waals surface area contributed by atoms with E-state index in [9.17, 15) is 0 Å². The molecule has 2 fully saturated rings. The van der Waals surface area contributed by atoms with E-state index in [-0.39, 0.29) is 0 Å². The van der Waals surface area contributed by atoms with Crippen LogP contribution < -0.4 is 10.2 Å². The van der Waals surface area contributed by atoms with Gasteiger partial charge in [0.2, 0.25) is 0 Å². The van der Waals surface area contributed by atoms with Crippen LogP contribution in [0.15, 0.2) is 18.3 Å². The number of pyridine rings is 1. The number of ether oxygens (including phenoxy) is 1. The van der Waals surface area contributed by atoms with Gasteiger partial charge in [-0.2, -0.15) is 0 Å². The Morgan fingerprint density at radius 2 is 2.05 bits per heavy atom. The van der Waals surface area contributed by atoms with Crippen LogP contribution in [0.1, 0.15) is 31.2 Å². The molecule has 0 unspecified atom stereocenters. The molecule has 4 heteroatoms. The molecular formula is C15H23N3O. The minimum atomic E-state index is 0.608. The van der Waals surface area contributed by atoms with Crippen molar-refractivity contribution in [3.63, 3.8) is 0 Å². The number of nitrogens with zero attached hydrogens (tertiary/aromatic N) is 2. The van der Waals surface area contributed by atoms with Gasteiger partial charge in [-0.15, -0.1) is 0 Å². The Hall–Kier alpha value is -1.13. The Balaban J connectivity index is 1.56. The fraction of sp³-hybridized carbons (Fsp3) is 0.667. The van der Waals surface area contributed by atoms with E-state index in [0.29, 0.717) is 6.04 Å². The lowest BCUT2D eigenvalue weighted by molar-refractivity contribution is 0.0776. The Kier molecular flexibility index (Phi) is 4.30. The van der Waals surface area contributed by atoms with Crippen molar-refractivity contribution < 1.29 is 4.74 Å². The number of rotatable bonds is 4. The summed E-state index contributed by atoms with van der Waals surface area (Å²) in [5.74, 6) is 1.14. The summed E-state index contributed by atoms with van der Waals surface area (Å²) in [4.78, 5) is 6.88. The summed E-state index contributed by atoms with van der Waals surface area (Å²) in [6.45, 7) is 5.04. The summed E-state index contributed by atoms with van der Waals surface area (Å²) in [6, 6.07) is 4.96. The normalized spacial score (nSPS) is 20.9. The predicted molar refractivity (Wildman–Crippen MR) is 76.4 cm³/mol. The average Bonchev–Trinajstić information content (AvgIpc) is 3.01. The molecule has 0 aliphatic carbocycles. The summed E-state index contributed by atoms with van der Waals surface area (Å²) in [6.07, 6.45) is 6.79. The number of hydrogen-bond donors (Lipinski definition) is 1. The molecule has 2 saturated heterocycles. The Bertz CT molecular complexity index is 398. The standard InChI is InChI=1S/C15H23N3O/c1-2-8-18(7-1)15-11-13(3-6-16-15)12-17-14-4-9-19-10-5-14/h3,6,11,14,17H,1-2,4-5,7-10,12H2. The molecule has 0 saturated carbocycles. The molecule has 0 aromatic carbocycles. The second-order valence-electron chi connectivity index (χ2n) is 5.48. The van der Waals surface area contributed by atoms with E-state index in [1.165, 1.54) is 18.4 Å². The van der Waals surface area contributed by atoms with Gasteiger partial charge in [-0.25, -0.2) is 4.98 Å². The number of nitrogens with one attached hydrogen (secondary N) is 1. The zero-order chi connectivity index (χ0) is 12.9. The average molecular weight is 261 g/mol. The molecule has 0 bridgehead atoms. The van der Waals surface area contributed by atoms with Crippen LogP contribution in [0.2, 0.25) is 0 Å². The van der Waals surface area contributed by atoms with E-state index >= 15 is 0 Å². The summed E-state index contributed by atoms with van der Waals surface area (Å²) in [5, 5.41) is 3.63. The van der Waals surface area contributed by atoms with E-state index in [1.54, 1.807) is 0 Å². The first kappa shape index (κ1) is 12.9. The first-order valence-corrected chi connectivity index (χ1v) is 7.43. The summed E-state index contributed by atoms with van der Waals surface area (Å²) < 4.78 is 5.38. The van der Waals surface area contributed by atoms with Gasteiger partial charge in [0, 0.05) is 45.1 Å². The molecule has 0 spiro atoms. The van der Waals surface area contributed by atoms with Crippen molar-refractivity contribution in [1.29, 1.82) is 0 Å². The molecule has 2 aliphatic heterocycles. The van der Waals surface area contributed by atoms with Gasteiger partial charge >= 0.3 is 0 Å². The van der Waals surface area contributed by atoms with Gasteiger partial charge in [0.05, 0.1) is 0 Å². The van der Waals surface area contributed by atoms with Crippen molar-refractivity contribution in [1.82, 2.24) is 10.3 Å². The van der Waals surface area contributed by atoms with E-state index in [4.69, 9.17) is 4.74 Å². The van der Waals surface area contributed by atoms with E-state index < -0.39 is 0 Å². The van der Waals surface area contributed by atoms with Crippen LogP contribution in [0.3, 0.4) is 0 Å². The van der Waals surface area contributed by atoms with Crippen LogP contribution >= 0.6 is 0 Å². The minimum Gasteiger partial charge on any atom is -0.381 e. The van der Waals surface area contributed by atoms with Gasteiger partial charge in [0.15, 0.2) is 0 Å². The Morgan fingerprint density at radius 3 is 2.84 bits per heavy atom. The molecule has 19 heavy (non-hydrogen) atoms. The molecule has 3 heterocycles. The molecule has 1 aromatic heterocycles. The number of anilines is 1.